The fourth-order valence-electron chi connectivity index (χ4n) is 3.43. The first-order valence-corrected chi connectivity index (χ1v) is 6.80. The van der Waals surface area contributed by atoms with E-state index in [4.69, 9.17) is 4.74 Å². The molecule has 3 aliphatic rings. The van der Waals surface area contributed by atoms with Crippen molar-refractivity contribution in [3.63, 3.8) is 0 Å². The number of hydrogen-bond acceptors (Lipinski definition) is 2. The van der Waals surface area contributed by atoms with Crippen molar-refractivity contribution >= 4 is 5.97 Å². The molecule has 3 heteroatoms. The van der Waals surface area contributed by atoms with Gasteiger partial charge in [0.1, 0.15) is 0 Å². The van der Waals surface area contributed by atoms with Crippen molar-refractivity contribution in [3.8, 4) is 0 Å². The van der Waals surface area contributed by atoms with Crippen molar-refractivity contribution in [2.24, 2.45) is 5.92 Å². The van der Waals surface area contributed by atoms with Gasteiger partial charge in [0.15, 0.2) is 0 Å². The van der Waals surface area contributed by atoms with Crippen LogP contribution in [0.4, 0.5) is 0 Å². The molecule has 102 valence electrons. The van der Waals surface area contributed by atoms with Crippen molar-refractivity contribution in [1.29, 1.82) is 0 Å². The molecule has 2 saturated heterocycles. The van der Waals surface area contributed by atoms with E-state index in [2.05, 4.69) is 39.0 Å². The zero-order valence-corrected chi connectivity index (χ0v) is 11.6. The van der Waals surface area contributed by atoms with Crippen molar-refractivity contribution < 1.29 is 14.6 Å². The summed E-state index contributed by atoms with van der Waals surface area (Å²) in [5.41, 5.74) is 2.16. The number of carboxylic acid groups (broad SMARTS) is 1. The van der Waals surface area contributed by atoms with Crippen LogP contribution in [0, 0.1) is 5.92 Å². The molecule has 1 aromatic rings. The van der Waals surface area contributed by atoms with Gasteiger partial charge in [-0.05, 0) is 23.0 Å². The number of hydrogen-bond donors (Lipinski definition) is 1. The summed E-state index contributed by atoms with van der Waals surface area (Å²) in [6.45, 7) is 7.07. The highest BCUT2D eigenvalue weighted by Gasteiger charge is 2.64. The van der Waals surface area contributed by atoms with Crippen LogP contribution in [0.1, 0.15) is 38.3 Å². The van der Waals surface area contributed by atoms with Crippen LogP contribution in [0.15, 0.2) is 24.3 Å². The second-order valence-corrected chi connectivity index (χ2v) is 6.86. The SMILES string of the molecule is CC(C)(C)c1cccc([C@]23CO[C@H](C2)[C@H]3C(=O)O)c1. The average Bonchev–Trinajstić information content (AvgIpc) is 2.86. The summed E-state index contributed by atoms with van der Waals surface area (Å²) in [5.74, 6) is -1.10. The second-order valence-electron chi connectivity index (χ2n) is 6.86. The summed E-state index contributed by atoms with van der Waals surface area (Å²) < 4.78 is 5.60. The molecular weight excluding hydrogens is 240 g/mol. The molecule has 2 bridgehead atoms. The molecule has 0 radical (unpaired) electrons. The third-order valence-corrected chi connectivity index (χ3v) is 4.66. The topological polar surface area (TPSA) is 46.5 Å². The Morgan fingerprint density at radius 1 is 1.42 bits per heavy atom. The Balaban J connectivity index is 2.01. The van der Waals surface area contributed by atoms with E-state index < -0.39 is 5.97 Å². The van der Waals surface area contributed by atoms with Gasteiger partial charge in [0.2, 0.25) is 0 Å². The third kappa shape index (κ3) is 1.71. The quantitative estimate of drug-likeness (QED) is 0.889. The van der Waals surface area contributed by atoms with Crippen LogP contribution < -0.4 is 0 Å². The Kier molecular flexibility index (Phi) is 2.55. The average molecular weight is 260 g/mol. The molecule has 19 heavy (non-hydrogen) atoms. The summed E-state index contributed by atoms with van der Waals surface area (Å²) in [6.07, 6.45) is 0.758. The van der Waals surface area contributed by atoms with Crippen LogP contribution in [-0.4, -0.2) is 23.8 Å². The monoisotopic (exact) mass is 260 g/mol. The van der Waals surface area contributed by atoms with Gasteiger partial charge in [0.05, 0.1) is 18.6 Å². The number of carbonyl (C=O) groups is 1. The summed E-state index contributed by atoms with van der Waals surface area (Å²) >= 11 is 0. The molecule has 3 fully saturated rings. The molecule has 1 aromatic carbocycles. The van der Waals surface area contributed by atoms with E-state index >= 15 is 0 Å². The summed E-state index contributed by atoms with van der Waals surface area (Å²) in [4.78, 5) is 11.4. The minimum absolute atomic E-state index is 0.0774. The van der Waals surface area contributed by atoms with E-state index in [0.29, 0.717) is 6.61 Å². The Hall–Kier alpha value is -1.35. The van der Waals surface area contributed by atoms with Crippen LogP contribution in [0.5, 0.6) is 0 Å². The molecule has 0 amide bonds. The highest BCUT2D eigenvalue weighted by atomic mass is 16.5. The van der Waals surface area contributed by atoms with Crippen LogP contribution in [0.2, 0.25) is 0 Å². The number of benzene rings is 1. The Bertz CT molecular complexity index is 525. The highest BCUT2D eigenvalue weighted by Crippen LogP contribution is 2.56. The lowest BCUT2D eigenvalue weighted by molar-refractivity contribution is -0.150. The second kappa shape index (κ2) is 3.83. The summed E-state index contributed by atoms with van der Waals surface area (Å²) in [6, 6.07) is 8.37. The molecule has 3 atom stereocenters. The lowest BCUT2D eigenvalue weighted by Gasteiger charge is -2.42. The first-order chi connectivity index (χ1) is 8.84. The fourth-order valence-corrected chi connectivity index (χ4v) is 3.43. The molecule has 0 aromatic heterocycles. The molecule has 1 aliphatic carbocycles. The smallest absolute Gasteiger partial charge is 0.310 e. The maximum atomic E-state index is 11.4. The largest absolute Gasteiger partial charge is 0.481 e. The van der Waals surface area contributed by atoms with E-state index in [1.807, 2.05) is 6.07 Å². The van der Waals surface area contributed by atoms with E-state index in [0.717, 1.165) is 12.0 Å². The van der Waals surface area contributed by atoms with Gasteiger partial charge in [-0.25, -0.2) is 0 Å². The molecule has 2 aliphatic heterocycles. The number of aliphatic carboxylic acids is 1. The number of carboxylic acids is 1. The van der Waals surface area contributed by atoms with E-state index in [1.54, 1.807) is 0 Å². The summed E-state index contributed by atoms with van der Waals surface area (Å²) in [7, 11) is 0. The van der Waals surface area contributed by atoms with Gasteiger partial charge >= 0.3 is 5.97 Å². The maximum absolute atomic E-state index is 11.4. The highest BCUT2D eigenvalue weighted by molar-refractivity contribution is 5.76. The molecule has 1 N–H and O–H groups in total. The standard InChI is InChI=1S/C16H20O3/c1-15(2,3)10-5-4-6-11(7-10)16-8-12(19-9-16)13(16)14(17)18/h4-7,12-13H,8-9H2,1-3H3,(H,17,18)/t12-,13+,16-/m1/s1. The Morgan fingerprint density at radius 3 is 2.74 bits per heavy atom. The predicted molar refractivity (Wildman–Crippen MR) is 72.3 cm³/mol. The number of fused-ring (bicyclic) bond motifs is 1. The predicted octanol–water partition coefficient (Wildman–Crippen LogP) is 2.73. The van der Waals surface area contributed by atoms with Crippen molar-refractivity contribution in [2.45, 2.75) is 44.1 Å². The maximum Gasteiger partial charge on any atom is 0.310 e. The Morgan fingerprint density at radius 2 is 2.16 bits per heavy atom. The van der Waals surface area contributed by atoms with E-state index in [1.165, 1.54) is 5.56 Å². The first-order valence-electron chi connectivity index (χ1n) is 6.80. The van der Waals surface area contributed by atoms with Crippen molar-refractivity contribution in [2.75, 3.05) is 6.61 Å². The van der Waals surface area contributed by atoms with Gasteiger partial charge in [-0.15, -0.1) is 0 Å². The molecule has 2 heterocycles. The van der Waals surface area contributed by atoms with Crippen LogP contribution in [0.25, 0.3) is 0 Å². The van der Waals surface area contributed by atoms with Gasteiger partial charge in [0, 0.05) is 5.41 Å². The number of rotatable bonds is 2. The van der Waals surface area contributed by atoms with Crippen molar-refractivity contribution in [3.05, 3.63) is 35.4 Å². The van der Waals surface area contributed by atoms with E-state index in [9.17, 15) is 9.90 Å². The van der Waals surface area contributed by atoms with Crippen molar-refractivity contribution in [1.82, 2.24) is 0 Å². The zero-order valence-electron chi connectivity index (χ0n) is 11.6. The molecule has 1 saturated carbocycles. The lowest BCUT2D eigenvalue weighted by atomic mass is 9.57. The first kappa shape index (κ1) is 12.7. The molecule has 3 nitrogen and oxygen atoms in total. The van der Waals surface area contributed by atoms with Gasteiger partial charge in [-0.3, -0.25) is 4.79 Å². The van der Waals surface area contributed by atoms with Gasteiger partial charge in [-0.2, -0.15) is 0 Å². The van der Waals surface area contributed by atoms with Crippen LogP contribution in [0.3, 0.4) is 0 Å². The Labute approximate surface area is 113 Å². The lowest BCUT2D eigenvalue weighted by Crippen LogP contribution is -2.52. The van der Waals surface area contributed by atoms with Gasteiger partial charge < -0.3 is 9.84 Å². The molecular formula is C16H20O3. The zero-order chi connectivity index (χ0) is 13.8. The molecule has 4 rings (SSSR count). The fraction of sp³-hybridized carbons (Fsp3) is 0.562. The van der Waals surface area contributed by atoms with Gasteiger partial charge in [-0.1, -0.05) is 45.0 Å². The minimum Gasteiger partial charge on any atom is -0.481 e. The molecule has 0 spiro atoms. The van der Waals surface area contributed by atoms with E-state index in [-0.39, 0.29) is 22.9 Å². The van der Waals surface area contributed by atoms with Crippen LogP contribution in [-0.2, 0) is 20.4 Å². The molecule has 0 unspecified atom stereocenters. The van der Waals surface area contributed by atoms with Gasteiger partial charge in [0.25, 0.3) is 0 Å². The third-order valence-electron chi connectivity index (χ3n) is 4.66. The normalized spacial score (nSPS) is 33.0. The number of ether oxygens (including phenoxy) is 1. The minimum atomic E-state index is -0.727. The van der Waals surface area contributed by atoms with Crippen LogP contribution >= 0.6 is 0 Å². The summed E-state index contributed by atoms with van der Waals surface area (Å²) in [5, 5.41) is 9.39.